The Bertz CT molecular complexity index is 1190. The van der Waals surface area contributed by atoms with Crippen molar-refractivity contribution in [3.63, 3.8) is 0 Å². The predicted molar refractivity (Wildman–Crippen MR) is 238 cm³/mol. The second-order valence-electron chi connectivity index (χ2n) is 15.5. The van der Waals surface area contributed by atoms with E-state index in [1.54, 1.807) is 0 Å². The highest BCUT2D eigenvalue weighted by molar-refractivity contribution is 5.70. The molecule has 0 spiro atoms. The minimum absolute atomic E-state index is 0.187. The van der Waals surface area contributed by atoms with E-state index in [1.807, 2.05) is 0 Å². The van der Waals surface area contributed by atoms with Crippen molar-refractivity contribution < 1.29 is 49.0 Å². The largest absolute Gasteiger partial charge is 0.462 e. The highest BCUT2D eigenvalue weighted by atomic mass is 16.7. The normalized spacial score (nSPS) is 20.7. The first-order valence-corrected chi connectivity index (χ1v) is 23.0. The molecule has 0 aromatic carbocycles. The lowest BCUT2D eigenvalue weighted by Gasteiger charge is -2.39. The third-order valence-corrected chi connectivity index (χ3v) is 10.0. The fraction of sp³-hybridized carbons (Fsp3) is 0.714. The maximum atomic E-state index is 12.8. The predicted octanol–water partition coefficient (Wildman–Crippen LogP) is 10.00. The molecule has 1 aliphatic heterocycles. The maximum Gasteiger partial charge on any atom is 0.306 e. The summed E-state index contributed by atoms with van der Waals surface area (Å²) in [7, 11) is 0. The van der Waals surface area contributed by atoms with Gasteiger partial charge in [0, 0.05) is 12.8 Å². The summed E-state index contributed by atoms with van der Waals surface area (Å²) < 4.78 is 22.1. The van der Waals surface area contributed by atoms with Crippen molar-refractivity contribution in [2.24, 2.45) is 0 Å². The van der Waals surface area contributed by atoms with Gasteiger partial charge in [0.2, 0.25) is 0 Å². The van der Waals surface area contributed by atoms with Crippen LogP contribution in [0.1, 0.15) is 168 Å². The van der Waals surface area contributed by atoms with Gasteiger partial charge in [0.05, 0.1) is 13.2 Å². The van der Waals surface area contributed by atoms with E-state index in [0.29, 0.717) is 12.8 Å². The van der Waals surface area contributed by atoms with Crippen molar-refractivity contribution in [3.05, 3.63) is 72.9 Å². The molecule has 0 amide bonds. The van der Waals surface area contributed by atoms with Crippen LogP contribution in [-0.2, 0) is 28.5 Å². The van der Waals surface area contributed by atoms with Crippen LogP contribution in [-0.4, -0.2) is 89.0 Å². The number of carbonyl (C=O) groups excluding carboxylic acids is 2. The summed E-state index contributed by atoms with van der Waals surface area (Å²) in [6.07, 6.45) is 41.8. The Hall–Kier alpha value is -2.86. The summed E-state index contributed by atoms with van der Waals surface area (Å²) in [4.78, 5) is 25.4. The van der Waals surface area contributed by atoms with Gasteiger partial charge in [-0.1, -0.05) is 145 Å². The Balaban J connectivity index is 2.36. The zero-order chi connectivity index (χ0) is 43.0. The third kappa shape index (κ3) is 30.8. The fourth-order valence-corrected chi connectivity index (χ4v) is 6.38. The lowest BCUT2D eigenvalue weighted by Crippen LogP contribution is -2.59. The van der Waals surface area contributed by atoms with Gasteiger partial charge >= 0.3 is 11.9 Å². The monoisotopic (exact) mass is 831 g/mol. The fourth-order valence-electron chi connectivity index (χ4n) is 6.38. The van der Waals surface area contributed by atoms with Crippen molar-refractivity contribution in [3.8, 4) is 0 Å². The zero-order valence-electron chi connectivity index (χ0n) is 36.7. The molecule has 1 aliphatic rings. The summed E-state index contributed by atoms with van der Waals surface area (Å²) in [5.74, 6) is -0.857. The Morgan fingerprint density at radius 2 is 0.983 bits per heavy atom. The smallest absolute Gasteiger partial charge is 0.306 e. The van der Waals surface area contributed by atoms with Crippen LogP contribution in [0.15, 0.2) is 72.9 Å². The van der Waals surface area contributed by atoms with Crippen molar-refractivity contribution in [2.45, 2.75) is 205 Å². The number of hydrogen-bond donors (Lipinski definition) is 4. The summed E-state index contributed by atoms with van der Waals surface area (Å²) in [5, 5.41) is 40.1. The van der Waals surface area contributed by atoms with Gasteiger partial charge in [-0.05, 0) is 83.5 Å². The van der Waals surface area contributed by atoms with E-state index in [0.717, 1.165) is 77.0 Å². The summed E-state index contributed by atoms with van der Waals surface area (Å²) in [5.41, 5.74) is 0. The molecular weight excluding hydrogens is 749 g/mol. The van der Waals surface area contributed by atoms with E-state index < -0.39 is 55.4 Å². The van der Waals surface area contributed by atoms with Gasteiger partial charge in [-0.25, -0.2) is 0 Å². The Morgan fingerprint density at radius 3 is 1.51 bits per heavy atom. The molecule has 0 radical (unpaired) electrons. The van der Waals surface area contributed by atoms with Crippen LogP contribution in [0.4, 0.5) is 0 Å². The highest BCUT2D eigenvalue weighted by Gasteiger charge is 2.44. The van der Waals surface area contributed by atoms with Gasteiger partial charge in [0.1, 0.15) is 31.0 Å². The van der Waals surface area contributed by atoms with Gasteiger partial charge < -0.3 is 39.4 Å². The number of esters is 2. The molecule has 6 atom stereocenters. The minimum atomic E-state index is -1.61. The first kappa shape index (κ1) is 54.2. The average molecular weight is 831 g/mol. The number of rotatable bonds is 37. The van der Waals surface area contributed by atoms with E-state index in [2.05, 4.69) is 86.8 Å². The van der Waals surface area contributed by atoms with E-state index >= 15 is 0 Å². The molecule has 338 valence electrons. The molecule has 1 heterocycles. The van der Waals surface area contributed by atoms with Crippen LogP contribution in [0.2, 0.25) is 0 Å². The molecular formula is C49H82O10. The molecule has 59 heavy (non-hydrogen) atoms. The molecule has 1 saturated heterocycles. The third-order valence-electron chi connectivity index (χ3n) is 10.0. The minimum Gasteiger partial charge on any atom is -0.462 e. The molecule has 10 heteroatoms. The topological polar surface area (TPSA) is 152 Å². The van der Waals surface area contributed by atoms with E-state index in [4.69, 9.17) is 18.9 Å². The van der Waals surface area contributed by atoms with Crippen molar-refractivity contribution in [1.29, 1.82) is 0 Å². The van der Waals surface area contributed by atoms with Crippen LogP contribution >= 0.6 is 0 Å². The molecule has 0 aromatic rings. The quantitative estimate of drug-likeness (QED) is 0.0271. The number of carbonyl (C=O) groups is 2. The van der Waals surface area contributed by atoms with Crippen LogP contribution in [0, 0.1) is 0 Å². The molecule has 4 N–H and O–H groups in total. The zero-order valence-corrected chi connectivity index (χ0v) is 36.7. The summed E-state index contributed by atoms with van der Waals surface area (Å²) >= 11 is 0. The second kappa shape index (κ2) is 39.3. The van der Waals surface area contributed by atoms with Gasteiger partial charge in [-0.3, -0.25) is 9.59 Å². The van der Waals surface area contributed by atoms with Gasteiger partial charge in [-0.2, -0.15) is 0 Å². The molecule has 1 rings (SSSR count). The number of aliphatic hydroxyl groups is 4. The SMILES string of the molecule is CCC/C=C/C/C=C/C/C=C/C/C=C/CCCCCC(=O)O[C@@H](COC(=O)CCCCCCCCC/C=C/C/C=C/CCCCC)CO[C@H]1O[C@@H](CO)[C@@H](O)C(O)C1O. The van der Waals surface area contributed by atoms with Crippen LogP contribution in [0.25, 0.3) is 0 Å². The van der Waals surface area contributed by atoms with E-state index in [-0.39, 0.29) is 26.1 Å². The Labute approximate surface area is 357 Å². The van der Waals surface area contributed by atoms with Crippen LogP contribution < -0.4 is 0 Å². The number of ether oxygens (including phenoxy) is 4. The summed E-state index contributed by atoms with van der Waals surface area (Å²) in [6, 6.07) is 0. The lowest BCUT2D eigenvalue weighted by atomic mass is 9.99. The van der Waals surface area contributed by atoms with Crippen LogP contribution in [0.5, 0.6) is 0 Å². The highest BCUT2D eigenvalue weighted by Crippen LogP contribution is 2.22. The first-order chi connectivity index (χ1) is 28.8. The number of unbranched alkanes of at least 4 members (excludes halogenated alkanes) is 14. The Kier molecular flexibility index (Phi) is 36.1. The molecule has 0 aromatic heterocycles. The number of allylic oxidation sites excluding steroid dienone is 12. The van der Waals surface area contributed by atoms with Crippen molar-refractivity contribution in [2.75, 3.05) is 19.8 Å². The summed E-state index contributed by atoms with van der Waals surface area (Å²) in [6.45, 7) is 3.28. The van der Waals surface area contributed by atoms with Crippen molar-refractivity contribution in [1.82, 2.24) is 0 Å². The number of hydrogen-bond acceptors (Lipinski definition) is 10. The molecule has 0 bridgehead atoms. The van der Waals surface area contributed by atoms with Gasteiger partial charge in [0.15, 0.2) is 12.4 Å². The van der Waals surface area contributed by atoms with Gasteiger partial charge in [-0.15, -0.1) is 0 Å². The molecule has 1 fully saturated rings. The molecule has 2 unspecified atom stereocenters. The Morgan fingerprint density at radius 1 is 0.525 bits per heavy atom. The molecule has 0 aliphatic carbocycles. The van der Waals surface area contributed by atoms with Gasteiger partial charge in [0.25, 0.3) is 0 Å². The molecule has 0 saturated carbocycles. The molecule has 10 nitrogen and oxygen atoms in total. The van der Waals surface area contributed by atoms with Crippen LogP contribution in [0.3, 0.4) is 0 Å². The van der Waals surface area contributed by atoms with Crippen molar-refractivity contribution >= 4 is 11.9 Å². The second-order valence-corrected chi connectivity index (χ2v) is 15.5. The first-order valence-electron chi connectivity index (χ1n) is 23.0. The standard InChI is InChI=1S/C49H82O10/c1-3-5-7-9-11-13-15-17-19-21-23-25-27-29-31-33-35-37-44(51)56-40-42(41-57-49-48(55)47(54)46(53)43(39-50)59-49)58-45(52)38-36-34-32-30-28-26-24-22-20-18-16-14-12-10-8-6-4-2/h8,10-11,13-14,16-17,19-20,22,26,28,42-43,46-50,53-55H,3-7,9,12,15,18,21,23-25,27,29-41H2,1-2H3/b10-8+,13-11+,16-14+,19-17+,22-20+,28-26+/t42-,43-,46+,47?,48?,49-/m0/s1. The maximum absolute atomic E-state index is 12.8. The number of aliphatic hydroxyl groups excluding tert-OH is 4. The lowest BCUT2D eigenvalue weighted by molar-refractivity contribution is -0.305. The van der Waals surface area contributed by atoms with E-state index in [1.165, 1.54) is 51.4 Å². The van der Waals surface area contributed by atoms with E-state index in [9.17, 15) is 30.0 Å². The average Bonchev–Trinajstić information content (AvgIpc) is 3.23.